The maximum atomic E-state index is 13.5. The molecule has 0 aromatic heterocycles. The highest BCUT2D eigenvalue weighted by Gasteiger charge is 2.55. The number of nitrogens with one attached hydrogen (secondary N) is 2. The van der Waals surface area contributed by atoms with Crippen molar-refractivity contribution in [2.24, 2.45) is 5.92 Å². The monoisotopic (exact) mass is 377 g/mol. The lowest BCUT2D eigenvalue weighted by atomic mass is 9.86. The average molecular weight is 378 g/mol. The summed E-state index contributed by atoms with van der Waals surface area (Å²) in [7, 11) is 0. The van der Waals surface area contributed by atoms with E-state index < -0.39 is 17.6 Å². The molecular weight excluding hydrogens is 342 g/mol. The molecule has 2 saturated carbocycles. The van der Waals surface area contributed by atoms with Crippen molar-refractivity contribution in [1.82, 2.24) is 15.5 Å². The summed E-state index contributed by atoms with van der Waals surface area (Å²) < 4.78 is 0. The number of rotatable bonds is 5. The van der Waals surface area contributed by atoms with Gasteiger partial charge in [0.25, 0.3) is 0 Å². The summed E-state index contributed by atoms with van der Waals surface area (Å²) in [5.41, 5.74) is -0.861. The lowest BCUT2D eigenvalue weighted by Gasteiger charge is -2.48. The van der Waals surface area contributed by atoms with Crippen LogP contribution in [0.15, 0.2) is 0 Å². The quantitative estimate of drug-likeness (QED) is 0.773. The van der Waals surface area contributed by atoms with Crippen molar-refractivity contribution in [3.05, 3.63) is 0 Å². The zero-order chi connectivity index (χ0) is 19.6. The number of carbonyl (C=O) groups is 3. The molecule has 27 heavy (non-hydrogen) atoms. The summed E-state index contributed by atoms with van der Waals surface area (Å²) in [6.45, 7) is 5.83. The fraction of sp³-hybridized carbons (Fsp3) is 0.857. The van der Waals surface area contributed by atoms with E-state index in [1.807, 2.05) is 0 Å². The van der Waals surface area contributed by atoms with E-state index >= 15 is 0 Å². The van der Waals surface area contributed by atoms with Gasteiger partial charge in [0, 0.05) is 6.04 Å². The van der Waals surface area contributed by atoms with Gasteiger partial charge in [-0.15, -0.1) is 0 Å². The molecule has 0 aromatic rings. The Hall–Kier alpha value is -1.59. The number of piperazine rings is 1. The zero-order valence-electron chi connectivity index (χ0n) is 17.1. The highest BCUT2D eigenvalue weighted by atomic mass is 16.2. The summed E-state index contributed by atoms with van der Waals surface area (Å²) in [4.78, 5) is 41.1. The Morgan fingerprint density at radius 1 is 1.15 bits per heavy atom. The van der Waals surface area contributed by atoms with Crippen LogP contribution in [0.5, 0.6) is 0 Å². The minimum absolute atomic E-state index is 0.0316. The van der Waals surface area contributed by atoms with Gasteiger partial charge in [-0.3, -0.25) is 14.4 Å². The van der Waals surface area contributed by atoms with Crippen molar-refractivity contribution in [2.75, 3.05) is 0 Å². The molecule has 1 aliphatic heterocycles. The lowest BCUT2D eigenvalue weighted by molar-refractivity contribution is -0.162. The maximum absolute atomic E-state index is 13.5. The predicted octanol–water partition coefficient (Wildman–Crippen LogP) is 2.51. The lowest BCUT2D eigenvalue weighted by Crippen LogP contribution is -2.72. The third-order valence-corrected chi connectivity index (χ3v) is 6.53. The van der Waals surface area contributed by atoms with Gasteiger partial charge in [0.2, 0.25) is 17.7 Å². The second-order valence-corrected chi connectivity index (χ2v) is 9.13. The van der Waals surface area contributed by atoms with Gasteiger partial charge in [0.15, 0.2) is 0 Å². The van der Waals surface area contributed by atoms with Gasteiger partial charge in [-0.1, -0.05) is 46.0 Å². The van der Waals surface area contributed by atoms with Crippen molar-refractivity contribution in [2.45, 2.75) is 109 Å². The van der Waals surface area contributed by atoms with Crippen molar-refractivity contribution in [1.29, 1.82) is 0 Å². The van der Waals surface area contributed by atoms with Gasteiger partial charge in [-0.25, -0.2) is 0 Å². The Morgan fingerprint density at radius 2 is 1.78 bits per heavy atom. The van der Waals surface area contributed by atoms with Crippen molar-refractivity contribution in [3.63, 3.8) is 0 Å². The van der Waals surface area contributed by atoms with Crippen LogP contribution < -0.4 is 10.6 Å². The van der Waals surface area contributed by atoms with Crippen LogP contribution in [0.25, 0.3) is 0 Å². The second kappa shape index (κ2) is 8.19. The molecule has 0 unspecified atom stereocenters. The number of hydrogen-bond acceptors (Lipinski definition) is 3. The molecule has 3 rings (SSSR count). The Balaban J connectivity index is 1.90. The summed E-state index contributed by atoms with van der Waals surface area (Å²) in [6.07, 6.45) is 9.31. The predicted molar refractivity (Wildman–Crippen MR) is 104 cm³/mol. The molecule has 0 radical (unpaired) electrons. The van der Waals surface area contributed by atoms with E-state index in [4.69, 9.17) is 0 Å². The van der Waals surface area contributed by atoms with E-state index in [0.29, 0.717) is 19.3 Å². The Bertz CT molecular complexity index is 577. The normalized spacial score (nSPS) is 29.1. The smallest absolute Gasteiger partial charge is 0.246 e. The molecule has 2 atom stereocenters. The van der Waals surface area contributed by atoms with Crippen molar-refractivity contribution in [3.8, 4) is 0 Å². The SMILES string of the molecule is CC(C)C[C@H]1C(=O)N[C@@H](C)C(=O)N1C1(C(=O)NC2CCCCC2)CCCC1. The highest BCUT2D eigenvalue weighted by Crippen LogP contribution is 2.40. The van der Waals surface area contributed by atoms with Gasteiger partial charge < -0.3 is 15.5 Å². The minimum atomic E-state index is -0.861. The standard InChI is InChI=1S/C21H35N3O3/c1-14(2)13-17-18(25)22-15(3)19(26)24(17)21(11-7-8-12-21)20(27)23-16-9-5-4-6-10-16/h14-17H,4-13H2,1-3H3,(H,22,25)(H,23,27)/t15-,17-/m0/s1. The number of amides is 3. The average Bonchev–Trinajstić information content (AvgIpc) is 3.11. The molecule has 1 heterocycles. The van der Waals surface area contributed by atoms with Crippen LogP contribution in [-0.4, -0.2) is 46.3 Å². The molecular formula is C21H35N3O3. The third-order valence-electron chi connectivity index (χ3n) is 6.53. The first kappa shape index (κ1) is 20.2. The summed E-state index contributed by atoms with van der Waals surface area (Å²) in [5.74, 6) is 0.00806. The van der Waals surface area contributed by atoms with E-state index in [1.54, 1.807) is 11.8 Å². The number of hydrogen-bond donors (Lipinski definition) is 2. The van der Waals surface area contributed by atoms with E-state index in [-0.39, 0.29) is 29.7 Å². The fourth-order valence-corrected chi connectivity index (χ4v) is 5.12. The first-order valence-electron chi connectivity index (χ1n) is 10.8. The van der Waals surface area contributed by atoms with Gasteiger partial charge in [-0.05, 0) is 44.9 Å². The molecule has 6 heteroatoms. The van der Waals surface area contributed by atoms with Crippen molar-refractivity contribution >= 4 is 17.7 Å². The van der Waals surface area contributed by atoms with Crippen LogP contribution in [0.4, 0.5) is 0 Å². The molecule has 0 aromatic carbocycles. The fourth-order valence-electron chi connectivity index (χ4n) is 5.12. The van der Waals surface area contributed by atoms with E-state index in [0.717, 1.165) is 38.5 Å². The molecule has 3 aliphatic rings. The molecule has 2 N–H and O–H groups in total. The molecule has 3 fully saturated rings. The molecule has 3 amide bonds. The Morgan fingerprint density at radius 3 is 2.37 bits per heavy atom. The summed E-state index contributed by atoms with van der Waals surface area (Å²) in [5, 5.41) is 6.07. The van der Waals surface area contributed by atoms with Crippen LogP contribution in [0.1, 0.15) is 85.0 Å². The van der Waals surface area contributed by atoms with Gasteiger partial charge in [0.05, 0.1) is 0 Å². The first-order chi connectivity index (χ1) is 12.8. The molecule has 2 aliphatic carbocycles. The number of carbonyl (C=O) groups excluding carboxylic acids is 3. The largest absolute Gasteiger partial charge is 0.351 e. The Kier molecular flexibility index (Phi) is 6.11. The van der Waals surface area contributed by atoms with Gasteiger partial charge >= 0.3 is 0 Å². The second-order valence-electron chi connectivity index (χ2n) is 9.13. The van der Waals surface area contributed by atoms with Crippen molar-refractivity contribution < 1.29 is 14.4 Å². The van der Waals surface area contributed by atoms with Crippen LogP contribution >= 0.6 is 0 Å². The topological polar surface area (TPSA) is 78.5 Å². The molecule has 1 saturated heterocycles. The van der Waals surface area contributed by atoms with Crippen LogP contribution in [0, 0.1) is 5.92 Å². The van der Waals surface area contributed by atoms with E-state index in [1.165, 1.54) is 6.42 Å². The summed E-state index contributed by atoms with van der Waals surface area (Å²) >= 11 is 0. The van der Waals surface area contributed by atoms with Crippen LogP contribution in [0.2, 0.25) is 0 Å². The summed E-state index contributed by atoms with van der Waals surface area (Å²) in [6, 6.07) is -0.914. The molecule has 0 spiro atoms. The van der Waals surface area contributed by atoms with Crippen LogP contribution in [-0.2, 0) is 14.4 Å². The van der Waals surface area contributed by atoms with Crippen LogP contribution in [0.3, 0.4) is 0 Å². The number of nitrogens with zero attached hydrogens (tertiary/aromatic N) is 1. The highest BCUT2D eigenvalue weighted by molar-refractivity contribution is 6.01. The molecule has 6 nitrogen and oxygen atoms in total. The minimum Gasteiger partial charge on any atom is -0.351 e. The zero-order valence-corrected chi connectivity index (χ0v) is 17.1. The molecule has 0 bridgehead atoms. The molecule has 152 valence electrons. The first-order valence-corrected chi connectivity index (χ1v) is 10.8. The third kappa shape index (κ3) is 3.99. The van der Waals surface area contributed by atoms with E-state index in [2.05, 4.69) is 24.5 Å². The maximum Gasteiger partial charge on any atom is 0.246 e. The van der Waals surface area contributed by atoms with E-state index in [9.17, 15) is 14.4 Å². The van der Waals surface area contributed by atoms with Gasteiger partial charge in [0.1, 0.15) is 17.6 Å². The Labute approximate surface area is 162 Å². The van der Waals surface area contributed by atoms with Gasteiger partial charge in [-0.2, -0.15) is 0 Å².